The molecule has 0 aliphatic rings. The van der Waals surface area contributed by atoms with Crippen molar-refractivity contribution in [2.45, 2.75) is 104 Å². The van der Waals surface area contributed by atoms with Crippen molar-refractivity contribution in [1.29, 1.82) is 0 Å². The smallest absolute Gasteiger partial charge is 0.243 e. The molecule has 35 heavy (non-hydrogen) atoms. The Morgan fingerprint density at radius 2 is 1.77 bits per heavy atom. The zero-order chi connectivity index (χ0) is 26.1. The normalized spacial score (nSPS) is 13.0. The average Bonchev–Trinajstić information content (AvgIpc) is 3.21. The number of carbonyl (C=O) groups is 1. The summed E-state index contributed by atoms with van der Waals surface area (Å²) in [6.07, 6.45) is 5.89. The third-order valence-electron chi connectivity index (χ3n) is 7.01. The quantitative estimate of drug-likeness (QED) is 0.159. The van der Waals surface area contributed by atoms with Gasteiger partial charge in [-0.1, -0.05) is 46.8 Å². The lowest BCUT2D eigenvalue weighted by Gasteiger charge is -2.30. The predicted octanol–water partition coefficient (Wildman–Crippen LogP) is 6.34. The van der Waals surface area contributed by atoms with Gasteiger partial charge in [0, 0.05) is 16.7 Å². The molecule has 2 aromatic rings. The van der Waals surface area contributed by atoms with E-state index in [1.165, 1.54) is 10.4 Å². The van der Waals surface area contributed by atoms with Crippen molar-refractivity contribution in [3.63, 3.8) is 0 Å². The van der Waals surface area contributed by atoms with Crippen molar-refractivity contribution in [1.82, 2.24) is 10.5 Å². The summed E-state index contributed by atoms with van der Waals surface area (Å²) in [4.78, 5) is 17.4. The van der Waals surface area contributed by atoms with Crippen LogP contribution in [0.15, 0.2) is 24.3 Å². The second kappa shape index (κ2) is 13.4. The zero-order valence-electron chi connectivity index (χ0n) is 22.3. The van der Waals surface area contributed by atoms with E-state index in [1.807, 2.05) is 12.1 Å². The van der Waals surface area contributed by atoms with Crippen molar-refractivity contribution in [2.24, 2.45) is 5.41 Å². The standard InChI is InChI=1S/C28H44N2O4S/c1-7-28(8-2,26-29-23(20(3)35-26)17-18-24(31)27(4,5)6)21-13-15-22(16-14-21)34-19-11-9-10-12-25(32)30-33/h13-16,24,31,33H,7-12,17-19H2,1-6H3,(H,30,32). The molecule has 196 valence electrons. The molecule has 0 spiro atoms. The molecule has 0 fully saturated rings. The molecular formula is C28H44N2O4S. The van der Waals surface area contributed by atoms with E-state index in [2.05, 4.69) is 53.7 Å². The van der Waals surface area contributed by atoms with Crippen LogP contribution in [0.3, 0.4) is 0 Å². The van der Waals surface area contributed by atoms with Gasteiger partial charge in [0.05, 0.1) is 18.4 Å². The number of nitrogens with zero attached hydrogens (tertiary/aromatic N) is 1. The molecule has 0 aliphatic heterocycles. The van der Waals surface area contributed by atoms with Crippen LogP contribution in [-0.4, -0.2) is 33.9 Å². The van der Waals surface area contributed by atoms with E-state index in [1.54, 1.807) is 16.8 Å². The Morgan fingerprint density at radius 3 is 2.34 bits per heavy atom. The molecule has 1 amide bonds. The van der Waals surface area contributed by atoms with E-state index < -0.39 is 0 Å². The van der Waals surface area contributed by atoms with E-state index in [0.29, 0.717) is 13.0 Å². The number of aliphatic hydroxyl groups excluding tert-OH is 1. The Labute approximate surface area is 215 Å². The highest BCUT2D eigenvalue weighted by Gasteiger charge is 2.34. The topological polar surface area (TPSA) is 91.7 Å². The highest BCUT2D eigenvalue weighted by molar-refractivity contribution is 7.11. The number of rotatable bonds is 14. The van der Waals surface area contributed by atoms with Gasteiger partial charge in [-0.2, -0.15) is 0 Å². The van der Waals surface area contributed by atoms with Gasteiger partial charge in [0.2, 0.25) is 5.91 Å². The molecular weight excluding hydrogens is 460 g/mol. The predicted molar refractivity (Wildman–Crippen MR) is 142 cm³/mol. The van der Waals surface area contributed by atoms with Crippen LogP contribution >= 0.6 is 11.3 Å². The summed E-state index contributed by atoms with van der Waals surface area (Å²) in [6, 6.07) is 8.40. The molecule has 6 nitrogen and oxygen atoms in total. The van der Waals surface area contributed by atoms with Crippen molar-refractivity contribution in [2.75, 3.05) is 6.61 Å². The van der Waals surface area contributed by atoms with Gasteiger partial charge in [-0.25, -0.2) is 10.5 Å². The minimum Gasteiger partial charge on any atom is -0.494 e. The first-order valence-corrected chi connectivity index (χ1v) is 13.7. The minimum atomic E-state index is -0.346. The van der Waals surface area contributed by atoms with Crippen LogP contribution in [0.4, 0.5) is 0 Å². The van der Waals surface area contributed by atoms with Crippen LogP contribution in [0.25, 0.3) is 0 Å². The highest BCUT2D eigenvalue weighted by Crippen LogP contribution is 2.42. The first-order chi connectivity index (χ1) is 16.6. The monoisotopic (exact) mass is 504 g/mol. The lowest BCUT2D eigenvalue weighted by Crippen LogP contribution is -2.27. The summed E-state index contributed by atoms with van der Waals surface area (Å²) in [6.45, 7) is 13.4. The minimum absolute atomic E-state index is 0.121. The Morgan fingerprint density at radius 1 is 1.11 bits per heavy atom. The molecule has 3 N–H and O–H groups in total. The van der Waals surface area contributed by atoms with E-state index >= 15 is 0 Å². The molecule has 0 aliphatic carbocycles. The number of nitrogens with one attached hydrogen (secondary N) is 1. The molecule has 1 unspecified atom stereocenters. The van der Waals surface area contributed by atoms with Gasteiger partial charge in [0.1, 0.15) is 10.8 Å². The number of carbonyl (C=O) groups excluding carboxylic acids is 1. The van der Waals surface area contributed by atoms with E-state index in [-0.39, 0.29) is 22.8 Å². The highest BCUT2D eigenvalue weighted by atomic mass is 32.1. The van der Waals surface area contributed by atoms with Gasteiger partial charge in [0.25, 0.3) is 0 Å². The van der Waals surface area contributed by atoms with Gasteiger partial charge in [0.15, 0.2) is 0 Å². The van der Waals surface area contributed by atoms with Crippen LogP contribution in [0.5, 0.6) is 5.75 Å². The maximum atomic E-state index is 11.0. The number of hydroxylamine groups is 1. The van der Waals surface area contributed by atoms with E-state index in [9.17, 15) is 9.90 Å². The van der Waals surface area contributed by atoms with Gasteiger partial charge in [-0.05, 0) is 75.0 Å². The Kier molecular flexibility index (Phi) is 11.2. The maximum absolute atomic E-state index is 11.0. The lowest BCUT2D eigenvalue weighted by molar-refractivity contribution is -0.129. The first-order valence-electron chi connectivity index (χ1n) is 12.9. The summed E-state index contributed by atoms with van der Waals surface area (Å²) >= 11 is 1.79. The fourth-order valence-corrected chi connectivity index (χ4v) is 5.65. The van der Waals surface area contributed by atoms with Crippen molar-refractivity contribution >= 4 is 17.2 Å². The average molecular weight is 505 g/mol. The number of aromatic nitrogens is 1. The fourth-order valence-electron chi connectivity index (χ4n) is 4.34. The molecule has 1 aromatic carbocycles. The molecule has 0 saturated carbocycles. The summed E-state index contributed by atoms with van der Waals surface area (Å²) in [7, 11) is 0. The molecule has 0 saturated heterocycles. The van der Waals surface area contributed by atoms with Crippen LogP contribution in [-0.2, 0) is 16.6 Å². The van der Waals surface area contributed by atoms with Gasteiger partial charge >= 0.3 is 0 Å². The largest absolute Gasteiger partial charge is 0.494 e. The molecule has 1 aromatic heterocycles. The fraction of sp³-hybridized carbons (Fsp3) is 0.643. The van der Waals surface area contributed by atoms with Crippen LogP contribution < -0.4 is 10.2 Å². The molecule has 0 radical (unpaired) electrons. The number of amides is 1. The van der Waals surface area contributed by atoms with Crippen LogP contribution in [0, 0.1) is 12.3 Å². The van der Waals surface area contributed by atoms with E-state index in [0.717, 1.165) is 61.4 Å². The number of thiazole rings is 1. The summed E-state index contributed by atoms with van der Waals surface area (Å²) in [5.41, 5.74) is 3.76. The van der Waals surface area contributed by atoms with Gasteiger partial charge in [-0.3, -0.25) is 10.0 Å². The number of aryl methyl sites for hydroxylation is 2. The Balaban J connectivity index is 2.05. The van der Waals surface area contributed by atoms with Crippen LogP contribution in [0.1, 0.15) is 101 Å². The maximum Gasteiger partial charge on any atom is 0.243 e. The number of hydrogen-bond donors (Lipinski definition) is 3. The second-order valence-electron chi connectivity index (χ2n) is 10.5. The summed E-state index contributed by atoms with van der Waals surface area (Å²) < 4.78 is 5.90. The SMILES string of the molecule is CCC(CC)(c1ccc(OCCCCCC(=O)NO)cc1)c1nc(CCC(O)C(C)(C)C)c(C)s1. The number of benzene rings is 1. The number of unbranched alkanes of at least 4 members (excludes halogenated alkanes) is 2. The molecule has 2 rings (SSSR count). The number of hydrogen-bond acceptors (Lipinski definition) is 6. The number of aliphatic hydroxyl groups is 1. The molecule has 1 heterocycles. The van der Waals surface area contributed by atoms with E-state index in [4.69, 9.17) is 14.9 Å². The Hall–Kier alpha value is -1.96. The summed E-state index contributed by atoms with van der Waals surface area (Å²) in [5.74, 6) is 0.497. The van der Waals surface area contributed by atoms with Gasteiger partial charge < -0.3 is 9.84 Å². The van der Waals surface area contributed by atoms with Crippen molar-refractivity contribution < 1.29 is 19.8 Å². The third-order valence-corrected chi connectivity index (χ3v) is 8.23. The van der Waals surface area contributed by atoms with Crippen LogP contribution in [0.2, 0.25) is 0 Å². The lowest BCUT2D eigenvalue weighted by atomic mass is 9.76. The third kappa shape index (κ3) is 8.02. The van der Waals surface area contributed by atoms with Crippen molar-refractivity contribution in [3.8, 4) is 5.75 Å². The molecule has 7 heteroatoms. The van der Waals surface area contributed by atoms with Crippen molar-refractivity contribution in [3.05, 3.63) is 45.4 Å². The zero-order valence-corrected chi connectivity index (χ0v) is 23.1. The first kappa shape index (κ1) is 29.3. The second-order valence-corrected chi connectivity index (χ2v) is 11.7. The van der Waals surface area contributed by atoms with Gasteiger partial charge in [-0.15, -0.1) is 11.3 Å². The Bertz CT molecular complexity index is 914. The molecule has 0 bridgehead atoms. The molecule has 1 atom stereocenters. The number of ether oxygens (including phenoxy) is 1. The summed E-state index contributed by atoms with van der Waals surface area (Å²) in [5, 5.41) is 20.2.